The van der Waals surface area contributed by atoms with Gasteiger partial charge in [-0.1, -0.05) is 38.8 Å². The Morgan fingerprint density at radius 3 is 2.41 bits per heavy atom. The third-order valence-corrected chi connectivity index (χ3v) is 5.72. The van der Waals surface area contributed by atoms with E-state index in [1.807, 2.05) is 6.92 Å². The fourth-order valence-corrected chi connectivity index (χ4v) is 3.71. The highest BCUT2D eigenvalue weighted by Gasteiger charge is 2.23. The molecule has 0 saturated carbocycles. The van der Waals surface area contributed by atoms with E-state index in [0.717, 1.165) is 12.8 Å². The average molecular weight is 347 g/mol. The van der Waals surface area contributed by atoms with Crippen molar-refractivity contribution in [3.8, 4) is 0 Å². The summed E-state index contributed by atoms with van der Waals surface area (Å²) < 4.78 is 26.3. The molecule has 124 valence electrons. The molecular formula is C15H23ClN2O3S. The van der Waals surface area contributed by atoms with Gasteiger partial charge in [0.05, 0.1) is 15.5 Å². The van der Waals surface area contributed by atoms with Crippen molar-refractivity contribution >= 4 is 27.5 Å². The van der Waals surface area contributed by atoms with E-state index in [4.69, 9.17) is 11.6 Å². The lowest BCUT2D eigenvalue weighted by atomic mass is 10.2. The summed E-state index contributed by atoms with van der Waals surface area (Å²) in [5, 5.41) is 2.99. The van der Waals surface area contributed by atoms with E-state index in [1.165, 1.54) is 22.5 Å². The number of rotatable bonds is 8. The van der Waals surface area contributed by atoms with Gasteiger partial charge in [0.15, 0.2) is 0 Å². The Morgan fingerprint density at radius 1 is 1.23 bits per heavy atom. The van der Waals surface area contributed by atoms with E-state index in [9.17, 15) is 13.2 Å². The quantitative estimate of drug-likeness (QED) is 0.736. The van der Waals surface area contributed by atoms with Gasteiger partial charge in [-0.25, -0.2) is 8.42 Å². The van der Waals surface area contributed by atoms with Crippen LogP contribution in [0.1, 0.15) is 44.0 Å². The van der Waals surface area contributed by atoms with Crippen molar-refractivity contribution in [2.75, 3.05) is 19.6 Å². The number of hydrogen-bond acceptors (Lipinski definition) is 3. The second-order valence-corrected chi connectivity index (χ2v) is 7.19. The summed E-state index contributed by atoms with van der Waals surface area (Å²) in [5.41, 5.74) is 0.186. The van der Waals surface area contributed by atoms with Gasteiger partial charge in [-0.2, -0.15) is 4.31 Å². The number of nitrogens with zero attached hydrogens (tertiary/aromatic N) is 1. The van der Waals surface area contributed by atoms with Crippen LogP contribution in [0.4, 0.5) is 0 Å². The first-order valence-corrected chi connectivity index (χ1v) is 9.28. The number of unbranched alkanes of at least 4 members (excludes halogenated alkanes) is 1. The molecule has 22 heavy (non-hydrogen) atoms. The summed E-state index contributed by atoms with van der Waals surface area (Å²) in [4.78, 5) is 12.2. The summed E-state index contributed by atoms with van der Waals surface area (Å²) in [5.74, 6) is -0.352. The van der Waals surface area contributed by atoms with Gasteiger partial charge in [0.2, 0.25) is 10.0 Å². The molecule has 0 unspecified atom stereocenters. The van der Waals surface area contributed by atoms with Gasteiger partial charge in [0, 0.05) is 19.6 Å². The summed E-state index contributed by atoms with van der Waals surface area (Å²) in [6.07, 6.45) is 1.82. The van der Waals surface area contributed by atoms with Crippen molar-refractivity contribution in [1.82, 2.24) is 9.62 Å². The lowest BCUT2D eigenvalue weighted by Gasteiger charge is -2.19. The predicted molar refractivity (Wildman–Crippen MR) is 88.8 cm³/mol. The number of amides is 1. The highest BCUT2D eigenvalue weighted by Crippen LogP contribution is 2.23. The van der Waals surface area contributed by atoms with E-state index in [1.54, 1.807) is 13.8 Å². The molecule has 1 aromatic rings. The van der Waals surface area contributed by atoms with Crippen LogP contribution in [0.25, 0.3) is 0 Å². The lowest BCUT2D eigenvalue weighted by molar-refractivity contribution is 0.0953. The molecule has 5 nitrogen and oxygen atoms in total. The summed E-state index contributed by atoms with van der Waals surface area (Å²) in [7, 11) is -3.60. The van der Waals surface area contributed by atoms with E-state index in [0.29, 0.717) is 19.6 Å². The van der Waals surface area contributed by atoms with Crippen LogP contribution in [0.3, 0.4) is 0 Å². The van der Waals surface area contributed by atoms with E-state index < -0.39 is 10.0 Å². The molecule has 0 aromatic heterocycles. The largest absolute Gasteiger partial charge is 0.352 e. The Morgan fingerprint density at radius 2 is 1.86 bits per heavy atom. The molecular weight excluding hydrogens is 324 g/mol. The standard InChI is InChI=1S/C15H23ClN2O3S/c1-4-7-10-17-15(19)13-11-12(8-9-14(13)16)22(20,21)18(5-2)6-3/h8-9,11H,4-7,10H2,1-3H3,(H,17,19). The zero-order valence-corrected chi connectivity index (χ0v) is 14.8. The minimum Gasteiger partial charge on any atom is -0.352 e. The van der Waals surface area contributed by atoms with Crippen LogP contribution in [0.2, 0.25) is 5.02 Å². The number of nitrogens with one attached hydrogen (secondary N) is 1. The molecule has 0 radical (unpaired) electrons. The SMILES string of the molecule is CCCCNC(=O)c1cc(S(=O)(=O)N(CC)CC)ccc1Cl. The second kappa shape index (κ2) is 8.50. The third-order valence-electron chi connectivity index (χ3n) is 3.34. The molecule has 0 saturated heterocycles. The van der Waals surface area contributed by atoms with Crippen LogP contribution in [-0.4, -0.2) is 38.3 Å². The number of halogens is 1. The van der Waals surface area contributed by atoms with Gasteiger partial charge in [-0.3, -0.25) is 4.79 Å². The van der Waals surface area contributed by atoms with Gasteiger partial charge in [-0.15, -0.1) is 0 Å². The Hall–Kier alpha value is -1.11. The van der Waals surface area contributed by atoms with E-state index >= 15 is 0 Å². The number of sulfonamides is 1. The fraction of sp³-hybridized carbons (Fsp3) is 0.533. The van der Waals surface area contributed by atoms with Crippen molar-refractivity contribution in [2.24, 2.45) is 0 Å². The van der Waals surface area contributed by atoms with Gasteiger partial charge in [0.1, 0.15) is 0 Å². The maximum Gasteiger partial charge on any atom is 0.252 e. The van der Waals surface area contributed by atoms with Crippen LogP contribution in [0.5, 0.6) is 0 Å². The third kappa shape index (κ3) is 4.44. The van der Waals surface area contributed by atoms with Crippen LogP contribution < -0.4 is 5.32 Å². The molecule has 0 aliphatic rings. The van der Waals surface area contributed by atoms with Crippen LogP contribution >= 0.6 is 11.6 Å². The van der Waals surface area contributed by atoms with Crippen LogP contribution in [0.15, 0.2) is 23.1 Å². The Bertz CT molecular complexity index is 613. The first-order chi connectivity index (χ1) is 10.4. The molecule has 1 amide bonds. The summed E-state index contributed by atoms with van der Waals surface area (Å²) >= 11 is 6.03. The number of hydrogen-bond donors (Lipinski definition) is 1. The molecule has 0 aliphatic heterocycles. The topological polar surface area (TPSA) is 66.5 Å². The highest BCUT2D eigenvalue weighted by molar-refractivity contribution is 7.89. The number of benzene rings is 1. The van der Waals surface area contributed by atoms with Crippen molar-refractivity contribution in [3.63, 3.8) is 0 Å². The van der Waals surface area contributed by atoms with Gasteiger partial charge in [0.25, 0.3) is 5.91 Å². The molecule has 7 heteroatoms. The summed E-state index contributed by atoms with van der Waals surface area (Å²) in [6, 6.07) is 4.22. The monoisotopic (exact) mass is 346 g/mol. The Kier molecular flexibility index (Phi) is 7.32. The summed E-state index contributed by atoms with van der Waals surface area (Å²) in [6.45, 7) is 6.86. The molecule has 0 fully saturated rings. The predicted octanol–water partition coefficient (Wildman–Crippen LogP) is 2.90. The normalized spacial score (nSPS) is 11.7. The highest BCUT2D eigenvalue weighted by atomic mass is 35.5. The maximum atomic E-state index is 12.5. The molecule has 1 rings (SSSR count). The molecule has 0 spiro atoms. The van der Waals surface area contributed by atoms with E-state index in [-0.39, 0.29) is 21.4 Å². The van der Waals surface area contributed by atoms with Crippen molar-refractivity contribution < 1.29 is 13.2 Å². The molecule has 0 bridgehead atoms. The zero-order chi connectivity index (χ0) is 16.8. The number of carbonyl (C=O) groups is 1. The molecule has 1 N–H and O–H groups in total. The lowest BCUT2D eigenvalue weighted by Crippen LogP contribution is -2.31. The molecule has 1 aromatic carbocycles. The molecule has 0 aliphatic carbocycles. The Labute approximate surface area is 137 Å². The van der Waals surface area contributed by atoms with Crippen molar-refractivity contribution in [2.45, 2.75) is 38.5 Å². The average Bonchev–Trinajstić information content (AvgIpc) is 2.48. The Balaban J connectivity index is 3.11. The van der Waals surface area contributed by atoms with Crippen LogP contribution in [0, 0.1) is 0 Å². The van der Waals surface area contributed by atoms with Gasteiger partial charge < -0.3 is 5.32 Å². The van der Waals surface area contributed by atoms with Gasteiger partial charge in [-0.05, 0) is 24.6 Å². The fourth-order valence-electron chi connectivity index (χ4n) is 2.03. The minimum absolute atomic E-state index is 0.0845. The molecule has 0 atom stereocenters. The minimum atomic E-state index is -3.60. The van der Waals surface area contributed by atoms with Crippen molar-refractivity contribution in [1.29, 1.82) is 0 Å². The van der Waals surface area contributed by atoms with Crippen LogP contribution in [-0.2, 0) is 10.0 Å². The second-order valence-electron chi connectivity index (χ2n) is 4.84. The first-order valence-electron chi connectivity index (χ1n) is 7.46. The molecule has 0 heterocycles. The first kappa shape index (κ1) is 18.9. The maximum absolute atomic E-state index is 12.5. The van der Waals surface area contributed by atoms with E-state index in [2.05, 4.69) is 5.32 Å². The van der Waals surface area contributed by atoms with Crippen molar-refractivity contribution in [3.05, 3.63) is 28.8 Å². The smallest absolute Gasteiger partial charge is 0.252 e. The zero-order valence-electron chi connectivity index (χ0n) is 13.2. The number of carbonyl (C=O) groups excluding carboxylic acids is 1. The van der Waals surface area contributed by atoms with Gasteiger partial charge >= 0.3 is 0 Å².